The maximum absolute atomic E-state index is 5.08. The third-order valence-corrected chi connectivity index (χ3v) is 4.57. The van der Waals surface area contributed by atoms with Crippen molar-refractivity contribution in [3.63, 3.8) is 0 Å². The lowest BCUT2D eigenvalue weighted by molar-refractivity contribution is 0.369. The molecule has 1 atom stereocenters. The lowest BCUT2D eigenvalue weighted by atomic mass is 9.94. The van der Waals surface area contributed by atoms with Crippen molar-refractivity contribution in [2.75, 3.05) is 18.0 Å². The van der Waals surface area contributed by atoms with E-state index in [1.807, 2.05) is 30.8 Å². The van der Waals surface area contributed by atoms with Gasteiger partial charge in [-0.05, 0) is 25.7 Å². The zero-order valence-electron chi connectivity index (χ0n) is 14.5. The minimum Gasteiger partial charge on any atom is -0.355 e. The van der Waals surface area contributed by atoms with Crippen LogP contribution in [0.5, 0.6) is 0 Å². The number of imidazole rings is 1. The second kappa shape index (κ2) is 6.62. The largest absolute Gasteiger partial charge is 0.355 e. The van der Waals surface area contributed by atoms with Crippen LogP contribution in [0.2, 0.25) is 0 Å². The van der Waals surface area contributed by atoms with Crippen LogP contribution in [0, 0.1) is 19.8 Å². The summed E-state index contributed by atoms with van der Waals surface area (Å²) in [4.78, 5) is 20.0. The average molecular weight is 339 g/mol. The van der Waals surface area contributed by atoms with Crippen molar-refractivity contribution < 1.29 is 4.52 Å². The second-order valence-corrected chi connectivity index (χ2v) is 6.47. The monoisotopic (exact) mass is 339 g/mol. The molecule has 1 saturated heterocycles. The van der Waals surface area contributed by atoms with E-state index in [2.05, 4.69) is 25.0 Å². The van der Waals surface area contributed by atoms with Gasteiger partial charge in [0.15, 0.2) is 11.6 Å². The summed E-state index contributed by atoms with van der Waals surface area (Å²) in [7, 11) is 0. The molecule has 1 aliphatic heterocycles. The van der Waals surface area contributed by atoms with Gasteiger partial charge in [0, 0.05) is 38.8 Å². The van der Waals surface area contributed by atoms with E-state index >= 15 is 0 Å². The number of piperidine rings is 1. The second-order valence-electron chi connectivity index (χ2n) is 6.47. The summed E-state index contributed by atoms with van der Waals surface area (Å²) in [6.45, 7) is 5.69. The maximum atomic E-state index is 5.08. The summed E-state index contributed by atoms with van der Waals surface area (Å²) in [6, 6.07) is 0. The first-order chi connectivity index (χ1) is 12.2. The van der Waals surface area contributed by atoms with E-state index in [1.165, 1.54) is 0 Å². The van der Waals surface area contributed by atoms with Gasteiger partial charge in [-0.25, -0.2) is 9.97 Å². The molecular formula is C17H21N7O. The zero-order chi connectivity index (χ0) is 17.2. The molecule has 0 saturated carbocycles. The highest BCUT2D eigenvalue weighted by Crippen LogP contribution is 2.24. The van der Waals surface area contributed by atoms with Crippen LogP contribution < -0.4 is 4.90 Å². The van der Waals surface area contributed by atoms with Crippen molar-refractivity contribution in [2.24, 2.45) is 5.92 Å². The van der Waals surface area contributed by atoms with Gasteiger partial charge >= 0.3 is 0 Å². The van der Waals surface area contributed by atoms with Crippen molar-refractivity contribution >= 4 is 5.82 Å². The van der Waals surface area contributed by atoms with E-state index in [-0.39, 0.29) is 0 Å². The summed E-state index contributed by atoms with van der Waals surface area (Å²) in [6.07, 6.45) is 10.4. The SMILES string of the molecule is Cc1nc(C[C@@H]2CCCN(c3cncc(-n4ccnc4C)n3)C2)no1. The Morgan fingerprint density at radius 1 is 1.20 bits per heavy atom. The van der Waals surface area contributed by atoms with Crippen LogP contribution in [0.1, 0.15) is 30.4 Å². The Hall–Kier alpha value is -2.77. The van der Waals surface area contributed by atoms with Gasteiger partial charge in [-0.1, -0.05) is 5.16 Å². The molecule has 0 aromatic carbocycles. The van der Waals surface area contributed by atoms with Crippen molar-refractivity contribution in [1.82, 2.24) is 29.7 Å². The van der Waals surface area contributed by atoms with Gasteiger partial charge in [0.25, 0.3) is 0 Å². The third-order valence-electron chi connectivity index (χ3n) is 4.57. The first kappa shape index (κ1) is 15.7. The van der Waals surface area contributed by atoms with Gasteiger partial charge in [0.1, 0.15) is 11.6 Å². The molecular weight excluding hydrogens is 318 g/mol. The fourth-order valence-corrected chi connectivity index (χ4v) is 3.36. The summed E-state index contributed by atoms with van der Waals surface area (Å²) < 4.78 is 7.02. The summed E-state index contributed by atoms with van der Waals surface area (Å²) in [5, 5.41) is 4.02. The van der Waals surface area contributed by atoms with Crippen molar-refractivity contribution in [3.8, 4) is 5.82 Å². The molecule has 0 radical (unpaired) electrons. The first-order valence-corrected chi connectivity index (χ1v) is 8.55. The van der Waals surface area contributed by atoms with E-state index in [0.717, 1.165) is 55.6 Å². The molecule has 130 valence electrons. The van der Waals surface area contributed by atoms with Crippen LogP contribution in [0.4, 0.5) is 5.82 Å². The maximum Gasteiger partial charge on any atom is 0.223 e. The Morgan fingerprint density at radius 3 is 2.84 bits per heavy atom. The van der Waals surface area contributed by atoms with Gasteiger partial charge in [-0.3, -0.25) is 9.55 Å². The Kier molecular flexibility index (Phi) is 4.17. The number of hydrogen-bond donors (Lipinski definition) is 0. The Morgan fingerprint density at radius 2 is 2.08 bits per heavy atom. The smallest absolute Gasteiger partial charge is 0.223 e. The van der Waals surface area contributed by atoms with Crippen LogP contribution in [0.25, 0.3) is 5.82 Å². The van der Waals surface area contributed by atoms with Crippen molar-refractivity contribution in [3.05, 3.63) is 42.3 Å². The molecule has 0 aliphatic carbocycles. The highest BCUT2D eigenvalue weighted by atomic mass is 16.5. The van der Waals surface area contributed by atoms with E-state index in [0.29, 0.717) is 11.8 Å². The zero-order valence-corrected chi connectivity index (χ0v) is 14.5. The first-order valence-electron chi connectivity index (χ1n) is 8.55. The lowest BCUT2D eigenvalue weighted by Gasteiger charge is -2.33. The van der Waals surface area contributed by atoms with Crippen LogP contribution in [0.3, 0.4) is 0 Å². The molecule has 0 bridgehead atoms. The topological polar surface area (TPSA) is 85.8 Å². The molecule has 0 amide bonds. The van der Waals surface area contributed by atoms with E-state index < -0.39 is 0 Å². The summed E-state index contributed by atoms with van der Waals surface area (Å²) >= 11 is 0. The highest BCUT2D eigenvalue weighted by Gasteiger charge is 2.23. The molecule has 3 aromatic rings. The Labute approximate surface area is 145 Å². The average Bonchev–Trinajstić information content (AvgIpc) is 3.23. The number of aryl methyl sites for hydroxylation is 2. The number of hydrogen-bond acceptors (Lipinski definition) is 7. The standard InChI is InChI=1S/C17H21N7O/c1-12-19-5-7-24(12)17-10-18-9-16(21-17)23-6-3-4-14(11-23)8-15-20-13(2)25-22-15/h5,7,9-10,14H,3-4,6,8,11H2,1-2H3/t14-/m0/s1. The highest BCUT2D eigenvalue weighted by molar-refractivity contribution is 5.40. The number of nitrogens with zero attached hydrogens (tertiary/aromatic N) is 7. The van der Waals surface area contributed by atoms with Gasteiger partial charge < -0.3 is 9.42 Å². The molecule has 4 rings (SSSR count). The van der Waals surface area contributed by atoms with Gasteiger partial charge in [0.05, 0.1) is 12.4 Å². The summed E-state index contributed by atoms with van der Waals surface area (Å²) in [5.41, 5.74) is 0. The molecule has 25 heavy (non-hydrogen) atoms. The molecule has 1 fully saturated rings. The van der Waals surface area contributed by atoms with Crippen LogP contribution in [0.15, 0.2) is 29.3 Å². The summed E-state index contributed by atoms with van der Waals surface area (Å²) in [5.74, 6) is 4.50. The molecule has 8 nitrogen and oxygen atoms in total. The van der Waals surface area contributed by atoms with E-state index in [1.54, 1.807) is 12.4 Å². The third kappa shape index (κ3) is 3.38. The fraction of sp³-hybridized carbons (Fsp3) is 0.471. The molecule has 0 N–H and O–H groups in total. The Balaban J connectivity index is 1.50. The number of aromatic nitrogens is 6. The van der Waals surface area contributed by atoms with E-state index in [4.69, 9.17) is 9.51 Å². The van der Waals surface area contributed by atoms with Gasteiger partial charge in [-0.15, -0.1) is 0 Å². The lowest BCUT2D eigenvalue weighted by Crippen LogP contribution is -2.37. The predicted octanol–water partition coefficient (Wildman–Crippen LogP) is 2.12. The van der Waals surface area contributed by atoms with Crippen molar-refractivity contribution in [2.45, 2.75) is 33.1 Å². The number of anilines is 1. The van der Waals surface area contributed by atoms with Gasteiger partial charge in [-0.2, -0.15) is 4.98 Å². The molecule has 8 heteroatoms. The molecule has 3 aromatic heterocycles. The predicted molar refractivity (Wildman–Crippen MR) is 91.6 cm³/mol. The fourth-order valence-electron chi connectivity index (χ4n) is 3.36. The molecule has 4 heterocycles. The molecule has 0 spiro atoms. The minimum atomic E-state index is 0.492. The van der Waals surface area contributed by atoms with Crippen molar-refractivity contribution in [1.29, 1.82) is 0 Å². The molecule has 1 aliphatic rings. The minimum absolute atomic E-state index is 0.492. The normalized spacial score (nSPS) is 17.8. The van der Waals surface area contributed by atoms with Gasteiger partial charge in [0.2, 0.25) is 5.89 Å². The number of rotatable bonds is 4. The van der Waals surface area contributed by atoms with Crippen LogP contribution in [-0.2, 0) is 6.42 Å². The van der Waals surface area contributed by atoms with Crippen LogP contribution >= 0.6 is 0 Å². The van der Waals surface area contributed by atoms with Crippen LogP contribution in [-0.4, -0.2) is 42.7 Å². The molecule has 0 unspecified atom stereocenters. The quantitative estimate of drug-likeness (QED) is 0.719. The Bertz CT molecular complexity index is 856. The van der Waals surface area contributed by atoms with E-state index in [9.17, 15) is 0 Å².